The first kappa shape index (κ1) is 19.1. The fourth-order valence-corrected chi connectivity index (χ4v) is 5.03. The van der Waals surface area contributed by atoms with Crippen LogP contribution in [0.3, 0.4) is 0 Å². The molecule has 32 heavy (non-hydrogen) atoms. The molecule has 0 saturated carbocycles. The Balaban J connectivity index is 1.52. The SMILES string of the molecule is O=Nc1c2c(N3CCN(c4ccccn4)CC3)[nH]c3ccc(Cl)cc3c-2c2ccccc12. The molecule has 3 aliphatic rings. The summed E-state index contributed by atoms with van der Waals surface area (Å²) in [4.78, 5) is 24.7. The number of nitroso groups, excluding NO2 is 1. The van der Waals surface area contributed by atoms with E-state index in [0.717, 1.165) is 70.6 Å². The first-order chi connectivity index (χ1) is 15.7. The largest absolute Gasteiger partial charge is 0.354 e. The van der Waals surface area contributed by atoms with E-state index in [2.05, 4.69) is 31.0 Å². The molecule has 3 aromatic rings. The van der Waals surface area contributed by atoms with Crippen LogP contribution in [-0.4, -0.2) is 36.1 Å². The molecule has 6 nitrogen and oxygen atoms in total. The summed E-state index contributed by atoms with van der Waals surface area (Å²) in [7, 11) is 0. The van der Waals surface area contributed by atoms with Gasteiger partial charge in [-0.3, -0.25) is 0 Å². The number of aromatic nitrogens is 2. The van der Waals surface area contributed by atoms with E-state index in [1.54, 1.807) is 0 Å². The predicted molar refractivity (Wildman–Crippen MR) is 132 cm³/mol. The zero-order valence-corrected chi connectivity index (χ0v) is 18.0. The van der Waals surface area contributed by atoms with Gasteiger partial charge in [-0.25, -0.2) is 4.98 Å². The Morgan fingerprint density at radius 3 is 2.34 bits per heavy atom. The maximum atomic E-state index is 12.0. The van der Waals surface area contributed by atoms with E-state index >= 15 is 0 Å². The van der Waals surface area contributed by atoms with Gasteiger partial charge in [-0.1, -0.05) is 41.9 Å². The lowest BCUT2D eigenvalue weighted by atomic mass is 10.0. The summed E-state index contributed by atoms with van der Waals surface area (Å²) in [5.41, 5.74) is 3.35. The van der Waals surface area contributed by atoms with Gasteiger partial charge in [0.1, 0.15) is 17.3 Å². The van der Waals surface area contributed by atoms with Crippen molar-refractivity contribution in [3.8, 4) is 11.1 Å². The van der Waals surface area contributed by atoms with Crippen LogP contribution in [0.1, 0.15) is 0 Å². The van der Waals surface area contributed by atoms with Gasteiger partial charge < -0.3 is 14.8 Å². The summed E-state index contributed by atoms with van der Waals surface area (Å²) < 4.78 is 0. The van der Waals surface area contributed by atoms with Crippen molar-refractivity contribution in [1.82, 2.24) is 9.97 Å². The second-order valence-electron chi connectivity index (χ2n) is 8.06. The maximum Gasteiger partial charge on any atom is 0.128 e. The van der Waals surface area contributed by atoms with Gasteiger partial charge in [0.15, 0.2) is 0 Å². The minimum atomic E-state index is 0.482. The van der Waals surface area contributed by atoms with Crippen molar-refractivity contribution in [3.63, 3.8) is 0 Å². The van der Waals surface area contributed by atoms with Gasteiger partial charge >= 0.3 is 0 Å². The highest BCUT2D eigenvalue weighted by atomic mass is 35.5. The van der Waals surface area contributed by atoms with Gasteiger partial charge in [0.05, 0.1) is 5.56 Å². The third-order valence-corrected chi connectivity index (χ3v) is 6.57. The van der Waals surface area contributed by atoms with E-state index in [4.69, 9.17) is 11.6 Å². The number of benzene rings is 2. The molecule has 7 heteroatoms. The highest BCUT2D eigenvalue weighted by Crippen LogP contribution is 2.52. The van der Waals surface area contributed by atoms with Crippen LogP contribution < -0.4 is 9.80 Å². The van der Waals surface area contributed by atoms with E-state index in [1.165, 1.54) is 0 Å². The molecular weight excluding hydrogens is 422 g/mol. The van der Waals surface area contributed by atoms with Crippen molar-refractivity contribution in [2.24, 2.45) is 5.18 Å². The number of pyridine rings is 2. The molecule has 0 amide bonds. The lowest BCUT2D eigenvalue weighted by molar-refractivity contribution is 0.643. The van der Waals surface area contributed by atoms with Crippen LogP contribution in [0.5, 0.6) is 0 Å². The maximum absolute atomic E-state index is 12.0. The Hall–Kier alpha value is -3.64. The van der Waals surface area contributed by atoms with Crippen molar-refractivity contribution in [2.75, 3.05) is 36.0 Å². The lowest BCUT2D eigenvalue weighted by Gasteiger charge is -2.37. The molecular formula is C25H20ClN5O. The number of anilines is 2. The Morgan fingerprint density at radius 2 is 1.59 bits per heavy atom. The van der Waals surface area contributed by atoms with Crippen LogP contribution in [0, 0.1) is 4.91 Å². The zero-order valence-electron chi connectivity index (χ0n) is 17.3. The Kier molecular flexibility index (Phi) is 4.47. The number of hydrogen-bond acceptors (Lipinski definition) is 5. The topological polar surface area (TPSA) is 64.6 Å². The van der Waals surface area contributed by atoms with E-state index in [-0.39, 0.29) is 0 Å². The van der Waals surface area contributed by atoms with Gasteiger partial charge in [-0.2, -0.15) is 0 Å². The van der Waals surface area contributed by atoms with Crippen LogP contribution in [0.2, 0.25) is 5.02 Å². The van der Waals surface area contributed by atoms with Crippen LogP contribution in [0.25, 0.3) is 32.8 Å². The number of nitrogens with one attached hydrogen (secondary N) is 1. The molecule has 1 fully saturated rings. The Bertz CT molecular complexity index is 1420. The molecule has 158 valence electrons. The summed E-state index contributed by atoms with van der Waals surface area (Å²) in [6.07, 6.45) is 1.82. The molecule has 1 aromatic heterocycles. The molecule has 3 heterocycles. The lowest BCUT2D eigenvalue weighted by Crippen LogP contribution is -2.47. The molecule has 0 unspecified atom stereocenters. The molecule has 0 bridgehead atoms. The fourth-order valence-electron chi connectivity index (χ4n) is 4.86. The summed E-state index contributed by atoms with van der Waals surface area (Å²) in [6.45, 7) is 3.30. The predicted octanol–water partition coefficient (Wildman–Crippen LogP) is 6.20. The number of piperazine rings is 1. The van der Waals surface area contributed by atoms with Crippen molar-refractivity contribution in [1.29, 1.82) is 0 Å². The molecule has 0 spiro atoms. The van der Waals surface area contributed by atoms with Crippen molar-refractivity contribution >= 4 is 50.6 Å². The van der Waals surface area contributed by atoms with Gasteiger partial charge in [-0.15, -0.1) is 4.91 Å². The van der Waals surface area contributed by atoms with Crippen molar-refractivity contribution in [2.45, 2.75) is 0 Å². The van der Waals surface area contributed by atoms with Gasteiger partial charge in [0.25, 0.3) is 0 Å². The summed E-state index contributed by atoms with van der Waals surface area (Å²) in [5, 5.41) is 7.03. The van der Waals surface area contributed by atoms with Crippen LogP contribution >= 0.6 is 11.6 Å². The second kappa shape index (κ2) is 7.50. The minimum absolute atomic E-state index is 0.482. The molecule has 1 aliphatic carbocycles. The fraction of sp³-hybridized carbons (Fsp3) is 0.160. The van der Waals surface area contributed by atoms with E-state index < -0.39 is 0 Å². The van der Waals surface area contributed by atoms with E-state index in [1.807, 2.05) is 60.8 Å². The number of hydrogen-bond donors (Lipinski definition) is 1. The third-order valence-electron chi connectivity index (χ3n) is 6.34. The number of halogens is 1. The number of aromatic amines is 1. The monoisotopic (exact) mass is 441 g/mol. The van der Waals surface area contributed by atoms with Crippen LogP contribution in [-0.2, 0) is 0 Å². The molecule has 2 aliphatic heterocycles. The number of nitrogens with zero attached hydrogens (tertiary/aromatic N) is 4. The highest BCUT2D eigenvalue weighted by molar-refractivity contribution is 6.32. The zero-order chi connectivity index (χ0) is 21.7. The number of fused-ring (bicyclic) bond motifs is 5. The van der Waals surface area contributed by atoms with Crippen molar-refractivity contribution < 1.29 is 0 Å². The van der Waals surface area contributed by atoms with E-state index in [0.29, 0.717) is 10.7 Å². The normalized spacial score (nSPS) is 14.5. The summed E-state index contributed by atoms with van der Waals surface area (Å²) in [5.74, 6) is 1.92. The molecule has 1 N–H and O–H groups in total. The Morgan fingerprint density at radius 1 is 0.844 bits per heavy atom. The van der Waals surface area contributed by atoms with Crippen LogP contribution in [0.15, 0.2) is 72.0 Å². The average Bonchev–Trinajstić information content (AvgIpc) is 3.19. The first-order valence-corrected chi connectivity index (χ1v) is 11.0. The van der Waals surface area contributed by atoms with Gasteiger partial charge in [0, 0.05) is 59.3 Å². The Labute approximate surface area is 189 Å². The number of rotatable bonds is 3. The molecule has 1 saturated heterocycles. The van der Waals surface area contributed by atoms with E-state index in [9.17, 15) is 4.91 Å². The summed E-state index contributed by atoms with van der Waals surface area (Å²) >= 11 is 6.35. The molecule has 6 rings (SSSR count). The smallest absolute Gasteiger partial charge is 0.128 e. The van der Waals surface area contributed by atoms with Gasteiger partial charge in [0.2, 0.25) is 0 Å². The molecule has 0 radical (unpaired) electrons. The van der Waals surface area contributed by atoms with Crippen molar-refractivity contribution in [3.05, 3.63) is 76.8 Å². The van der Waals surface area contributed by atoms with Crippen LogP contribution in [0.4, 0.5) is 17.3 Å². The third kappa shape index (κ3) is 2.91. The van der Waals surface area contributed by atoms with Gasteiger partial charge in [-0.05, 0) is 40.9 Å². The molecule has 0 atom stereocenters. The first-order valence-electron chi connectivity index (χ1n) is 10.6. The quantitative estimate of drug-likeness (QED) is 0.338. The summed E-state index contributed by atoms with van der Waals surface area (Å²) in [6, 6.07) is 19.8. The standard InChI is InChI=1S/C25H20ClN5O/c26-16-8-9-20-19(15-16)22-17-5-1-2-6-18(17)24(29-32)23(22)25(28-20)31-13-11-30(12-14-31)21-7-3-4-10-27-21/h1-10,15,28H,11-14H2. The second-order valence-corrected chi connectivity index (χ2v) is 8.50. The minimum Gasteiger partial charge on any atom is -0.354 e. The highest BCUT2D eigenvalue weighted by Gasteiger charge is 2.29. The molecule has 2 aromatic carbocycles. The number of H-pyrrole nitrogens is 1. The average molecular weight is 442 g/mol.